The van der Waals surface area contributed by atoms with Gasteiger partial charge in [0.1, 0.15) is 5.82 Å². The number of hydrogen-bond donors (Lipinski definition) is 2. The van der Waals surface area contributed by atoms with Crippen molar-refractivity contribution in [1.82, 2.24) is 19.8 Å². The molecule has 1 aromatic heterocycles. The molecule has 1 aliphatic rings. The van der Waals surface area contributed by atoms with Gasteiger partial charge in [-0.25, -0.2) is 4.79 Å². The van der Waals surface area contributed by atoms with E-state index >= 15 is 0 Å². The van der Waals surface area contributed by atoms with E-state index in [-0.39, 0.29) is 11.5 Å². The van der Waals surface area contributed by atoms with E-state index in [4.69, 9.17) is 5.73 Å². The number of anilines is 1. The minimum absolute atomic E-state index is 0.245. The predicted molar refractivity (Wildman–Crippen MR) is 91.9 cm³/mol. The van der Waals surface area contributed by atoms with Crippen LogP contribution in [0.15, 0.2) is 41.3 Å². The van der Waals surface area contributed by atoms with Crippen LogP contribution in [0.1, 0.15) is 12.0 Å². The number of aryl methyl sites for hydroxylation is 1. The van der Waals surface area contributed by atoms with Gasteiger partial charge in [0.05, 0.1) is 5.69 Å². The summed E-state index contributed by atoms with van der Waals surface area (Å²) in [5.74, 6) is 0.245. The molecule has 6 heteroatoms. The summed E-state index contributed by atoms with van der Waals surface area (Å²) in [6.07, 6.45) is 3.86. The summed E-state index contributed by atoms with van der Waals surface area (Å²) >= 11 is 0. The number of nitrogens with zero attached hydrogens (tertiary/aromatic N) is 3. The highest BCUT2D eigenvalue weighted by atomic mass is 16.1. The van der Waals surface area contributed by atoms with Gasteiger partial charge in [-0.2, -0.15) is 4.98 Å². The molecule has 2 aromatic rings. The van der Waals surface area contributed by atoms with Gasteiger partial charge >= 0.3 is 5.69 Å². The highest BCUT2D eigenvalue weighted by molar-refractivity contribution is 5.36. The SMILES string of the molecule is CNC1CN(CCCc2ccc(-n3ccc(N)nc3=O)cc2)C1. The number of hydrogen-bond acceptors (Lipinski definition) is 5. The number of nitrogens with two attached hydrogens (primary N) is 1. The molecule has 0 unspecified atom stereocenters. The summed E-state index contributed by atoms with van der Waals surface area (Å²) in [4.78, 5) is 18.0. The van der Waals surface area contributed by atoms with Gasteiger partial charge in [-0.1, -0.05) is 12.1 Å². The van der Waals surface area contributed by atoms with Crippen LogP contribution in [0.5, 0.6) is 0 Å². The molecule has 0 saturated carbocycles. The first kappa shape index (κ1) is 15.7. The molecule has 0 aliphatic carbocycles. The van der Waals surface area contributed by atoms with Crippen LogP contribution in [0.2, 0.25) is 0 Å². The Morgan fingerprint density at radius 3 is 2.65 bits per heavy atom. The fourth-order valence-electron chi connectivity index (χ4n) is 2.88. The first-order valence-electron chi connectivity index (χ1n) is 8.00. The van der Waals surface area contributed by atoms with E-state index in [0.717, 1.165) is 38.2 Å². The summed E-state index contributed by atoms with van der Waals surface area (Å²) in [5.41, 5.74) is 7.26. The maximum atomic E-state index is 11.8. The van der Waals surface area contributed by atoms with Gasteiger partial charge in [0.2, 0.25) is 0 Å². The van der Waals surface area contributed by atoms with Crippen LogP contribution in [-0.2, 0) is 6.42 Å². The van der Waals surface area contributed by atoms with Crippen molar-refractivity contribution in [3.63, 3.8) is 0 Å². The maximum Gasteiger partial charge on any atom is 0.354 e. The molecule has 2 heterocycles. The third kappa shape index (κ3) is 3.78. The number of likely N-dealkylation sites (tertiary alicyclic amines) is 1. The van der Waals surface area contributed by atoms with Gasteiger partial charge in [0.25, 0.3) is 0 Å². The Hall–Kier alpha value is -2.18. The number of nitrogen functional groups attached to an aromatic ring is 1. The number of benzene rings is 1. The lowest BCUT2D eigenvalue weighted by Crippen LogP contribution is -2.56. The molecule has 6 nitrogen and oxygen atoms in total. The summed E-state index contributed by atoms with van der Waals surface area (Å²) in [6, 6.07) is 10.3. The Kier molecular flexibility index (Phi) is 4.73. The maximum absolute atomic E-state index is 11.8. The van der Waals surface area contributed by atoms with Crippen LogP contribution in [0.3, 0.4) is 0 Å². The molecule has 3 N–H and O–H groups in total. The van der Waals surface area contributed by atoms with Crippen molar-refractivity contribution in [2.45, 2.75) is 18.9 Å². The molecular formula is C17H23N5O. The third-order valence-electron chi connectivity index (χ3n) is 4.34. The first-order chi connectivity index (χ1) is 11.2. The van der Waals surface area contributed by atoms with Gasteiger partial charge in [0, 0.05) is 25.3 Å². The van der Waals surface area contributed by atoms with Crippen molar-refractivity contribution >= 4 is 5.82 Å². The van der Waals surface area contributed by atoms with E-state index in [1.54, 1.807) is 12.3 Å². The molecule has 122 valence electrons. The molecule has 23 heavy (non-hydrogen) atoms. The van der Waals surface area contributed by atoms with E-state index in [1.165, 1.54) is 10.1 Å². The molecule has 0 atom stereocenters. The predicted octanol–water partition coefficient (Wildman–Crippen LogP) is 0.651. The zero-order chi connectivity index (χ0) is 16.2. The normalized spacial score (nSPS) is 15.5. The lowest BCUT2D eigenvalue weighted by Gasteiger charge is -2.39. The second-order valence-electron chi connectivity index (χ2n) is 6.02. The van der Waals surface area contributed by atoms with Crippen molar-refractivity contribution in [3.8, 4) is 5.69 Å². The highest BCUT2D eigenvalue weighted by Crippen LogP contribution is 2.12. The number of aromatic nitrogens is 2. The average Bonchev–Trinajstić information content (AvgIpc) is 2.50. The van der Waals surface area contributed by atoms with Gasteiger partial charge in [-0.15, -0.1) is 0 Å². The van der Waals surface area contributed by atoms with Crippen molar-refractivity contribution in [2.24, 2.45) is 0 Å². The standard InChI is InChI=1S/C17H23N5O/c1-19-14-11-21(12-14)9-2-3-13-4-6-15(7-5-13)22-10-8-16(18)20-17(22)23/h4-8,10,14,19H,2-3,9,11-12H2,1H3,(H2,18,20,23). The Balaban J connectivity index is 1.54. The van der Waals surface area contributed by atoms with Crippen molar-refractivity contribution in [1.29, 1.82) is 0 Å². The summed E-state index contributed by atoms with van der Waals surface area (Å²) in [5, 5.41) is 3.29. The molecule has 1 fully saturated rings. The molecule has 3 rings (SSSR count). The largest absolute Gasteiger partial charge is 0.383 e. The van der Waals surface area contributed by atoms with E-state index in [2.05, 4.69) is 27.3 Å². The molecular weight excluding hydrogens is 290 g/mol. The topological polar surface area (TPSA) is 76.2 Å². The van der Waals surface area contributed by atoms with E-state index in [0.29, 0.717) is 6.04 Å². The number of rotatable bonds is 6. The average molecular weight is 313 g/mol. The minimum Gasteiger partial charge on any atom is -0.383 e. The van der Waals surface area contributed by atoms with Gasteiger partial charge in [-0.3, -0.25) is 4.57 Å². The lowest BCUT2D eigenvalue weighted by molar-refractivity contribution is 0.130. The summed E-state index contributed by atoms with van der Waals surface area (Å²) in [7, 11) is 2.02. The highest BCUT2D eigenvalue weighted by Gasteiger charge is 2.23. The van der Waals surface area contributed by atoms with Crippen molar-refractivity contribution in [2.75, 3.05) is 32.4 Å². The van der Waals surface area contributed by atoms with Crippen LogP contribution in [0.4, 0.5) is 5.82 Å². The Morgan fingerprint density at radius 2 is 2.00 bits per heavy atom. The molecule has 0 spiro atoms. The Morgan fingerprint density at radius 1 is 1.26 bits per heavy atom. The second kappa shape index (κ2) is 6.93. The molecule has 1 aliphatic heterocycles. The van der Waals surface area contributed by atoms with Crippen LogP contribution in [-0.4, -0.2) is 47.2 Å². The van der Waals surface area contributed by atoms with E-state index in [1.807, 2.05) is 19.2 Å². The number of likely N-dealkylation sites (N-methyl/N-ethyl adjacent to an activating group) is 1. The molecule has 0 amide bonds. The lowest BCUT2D eigenvalue weighted by atomic mass is 10.1. The number of nitrogens with one attached hydrogen (secondary N) is 1. The van der Waals surface area contributed by atoms with Gasteiger partial charge in [0.15, 0.2) is 0 Å². The molecule has 1 aromatic carbocycles. The van der Waals surface area contributed by atoms with Crippen LogP contribution >= 0.6 is 0 Å². The fraction of sp³-hybridized carbons (Fsp3) is 0.412. The minimum atomic E-state index is -0.352. The third-order valence-corrected chi connectivity index (χ3v) is 4.34. The van der Waals surface area contributed by atoms with Gasteiger partial charge in [-0.05, 0) is 50.2 Å². The summed E-state index contributed by atoms with van der Waals surface area (Å²) in [6.45, 7) is 3.45. The van der Waals surface area contributed by atoms with E-state index < -0.39 is 0 Å². The van der Waals surface area contributed by atoms with Crippen molar-refractivity contribution in [3.05, 3.63) is 52.6 Å². The fourth-order valence-corrected chi connectivity index (χ4v) is 2.88. The first-order valence-corrected chi connectivity index (χ1v) is 8.00. The van der Waals surface area contributed by atoms with Crippen LogP contribution in [0, 0.1) is 0 Å². The molecule has 0 bridgehead atoms. The van der Waals surface area contributed by atoms with Crippen molar-refractivity contribution < 1.29 is 0 Å². The van der Waals surface area contributed by atoms with Gasteiger partial charge < -0.3 is 16.0 Å². The Labute approximate surface area is 135 Å². The zero-order valence-corrected chi connectivity index (χ0v) is 13.4. The summed E-state index contributed by atoms with van der Waals surface area (Å²) < 4.78 is 1.50. The van der Waals surface area contributed by atoms with E-state index in [9.17, 15) is 4.79 Å². The molecule has 1 saturated heterocycles. The monoisotopic (exact) mass is 313 g/mol. The smallest absolute Gasteiger partial charge is 0.354 e. The Bertz CT molecular complexity index is 704. The van der Waals surface area contributed by atoms with Crippen LogP contribution in [0.25, 0.3) is 5.69 Å². The second-order valence-corrected chi connectivity index (χ2v) is 6.02. The molecule has 0 radical (unpaired) electrons. The zero-order valence-electron chi connectivity index (χ0n) is 13.4. The quantitative estimate of drug-likeness (QED) is 0.819. The van der Waals surface area contributed by atoms with Crippen LogP contribution < -0.4 is 16.7 Å².